The van der Waals surface area contributed by atoms with Crippen LogP contribution in [-0.2, 0) is 24.3 Å². The smallest absolute Gasteiger partial charge is 0.325 e. The summed E-state index contributed by atoms with van der Waals surface area (Å²) in [6, 6.07) is 3.43. The molecule has 2 heterocycles. The average Bonchev–Trinajstić information content (AvgIpc) is 3.39. The van der Waals surface area contributed by atoms with E-state index in [1.807, 2.05) is 0 Å². The van der Waals surface area contributed by atoms with E-state index in [2.05, 4.69) is 14.8 Å². The molecule has 0 bridgehead atoms. The van der Waals surface area contributed by atoms with E-state index in [-0.39, 0.29) is 28.5 Å². The van der Waals surface area contributed by atoms with Crippen LogP contribution in [0.3, 0.4) is 0 Å². The highest BCUT2D eigenvalue weighted by molar-refractivity contribution is 7.89. The van der Waals surface area contributed by atoms with Gasteiger partial charge in [-0.25, -0.2) is 12.8 Å². The van der Waals surface area contributed by atoms with Gasteiger partial charge in [-0.05, 0) is 43.2 Å². The third-order valence-electron chi connectivity index (χ3n) is 5.00. The Kier molecular flexibility index (Phi) is 7.73. The number of hydrogen-bond donors (Lipinski definition) is 2. The number of carbonyl (C=O) groups is 3. The SMILES string of the molecule is COC(=O)C(CNC(=O)c1ccc(Cl)s1)NS(=O)(=O)c1cc(F)cc(N2CCCC2=O)c1C. The summed E-state index contributed by atoms with van der Waals surface area (Å²) in [6.07, 6.45) is 0.866. The number of nitrogens with one attached hydrogen (secondary N) is 2. The number of benzene rings is 1. The molecule has 1 fully saturated rings. The van der Waals surface area contributed by atoms with Gasteiger partial charge in [0, 0.05) is 19.5 Å². The predicted octanol–water partition coefficient (Wildman–Crippen LogP) is 2.23. The Morgan fingerprint density at radius 3 is 2.64 bits per heavy atom. The number of hydrogen-bond acceptors (Lipinski definition) is 7. The summed E-state index contributed by atoms with van der Waals surface area (Å²) in [7, 11) is -3.38. The molecule has 0 spiro atoms. The second kappa shape index (κ2) is 10.2. The summed E-state index contributed by atoms with van der Waals surface area (Å²) in [5, 5.41) is 2.45. The first-order chi connectivity index (χ1) is 15.5. The molecule has 1 unspecified atom stereocenters. The lowest BCUT2D eigenvalue weighted by Gasteiger charge is -2.22. The van der Waals surface area contributed by atoms with E-state index in [4.69, 9.17) is 11.6 Å². The molecular weight excluding hydrogens is 497 g/mol. The number of carbonyl (C=O) groups excluding carboxylic acids is 3. The second-order valence-electron chi connectivity index (χ2n) is 7.21. The van der Waals surface area contributed by atoms with E-state index < -0.39 is 45.2 Å². The lowest BCUT2D eigenvalue weighted by molar-refractivity contribution is -0.142. The minimum atomic E-state index is -4.44. The van der Waals surface area contributed by atoms with Gasteiger partial charge in [0.15, 0.2) is 0 Å². The molecule has 1 aromatic heterocycles. The maximum absolute atomic E-state index is 14.3. The number of amides is 2. The monoisotopic (exact) mass is 517 g/mol. The van der Waals surface area contributed by atoms with Gasteiger partial charge in [0.05, 0.1) is 26.9 Å². The molecule has 2 amide bonds. The number of nitrogens with zero attached hydrogens (tertiary/aromatic N) is 1. The zero-order valence-corrected chi connectivity index (χ0v) is 20.1. The van der Waals surface area contributed by atoms with E-state index >= 15 is 0 Å². The molecule has 9 nitrogen and oxygen atoms in total. The fraction of sp³-hybridized carbons (Fsp3) is 0.350. The highest BCUT2D eigenvalue weighted by atomic mass is 35.5. The Hall–Kier alpha value is -2.54. The van der Waals surface area contributed by atoms with Gasteiger partial charge >= 0.3 is 5.97 Å². The van der Waals surface area contributed by atoms with Crippen molar-refractivity contribution in [3.05, 3.63) is 44.9 Å². The molecular formula is C20H21ClFN3O6S2. The minimum absolute atomic E-state index is 0.148. The first kappa shape index (κ1) is 25.1. The Balaban J connectivity index is 1.85. The Morgan fingerprint density at radius 2 is 2.06 bits per heavy atom. The summed E-state index contributed by atoms with van der Waals surface area (Å²) >= 11 is 6.82. The number of rotatable bonds is 8. The normalized spacial score (nSPS) is 14.9. The van der Waals surface area contributed by atoms with Gasteiger partial charge in [-0.2, -0.15) is 4.72 Å². The zero-order chi connectivity index (χ0) is 24.3. The third kappa shape index (κ3) is 5.69. The number of ether oxygens (including phenoxy) is 1. The highest BCUT2D eigenvalue weighted by Crippen LogP contribution is 2.31. The number of methoxy groups -OCH3 is 1. The van der Waals surface area contributed by atoms with Crippen LogP contribution < -0.4 is 14.9 Å². The number of anilines is 1. The van der Waals surface area contributed by atoms with Crippen LogP contribution in [0.2, 0.25) is 4.34 Å². The summed E-state index contributed by atoms with van der Waals surface area (Å²) in [6.45, 7) is 1.37. The summed E-state index contributed by atoms with van der Waals surface area (Å²) in [4.78, 5) is 37.7. The molecule has 178 valence electrons. The molecule has 2 N–H and O–H groups in total. The van der Waals surface area contributed by atoms with Crippen LogP contribution in [0.1, 0.15) is 28.1 Å². The minimum Gasteiger partial charge on any atom is -0.468 e. The average molecular weight is 518 g/mol. The van der Waals surface area contributed by atoms with Gasteiger partial charge in [0.2, 0.25) is 15.9 Å². The van der Waals surface area contributed by atoms with Crippen LogP contribution in [0.15, 0.2) is 29.2 Å². The first-order valence-electron chi connectivity index (χ1n) is 9.77. The summed E-state index contributed by atoms with van der Waals surface area (Å²) in [5.74, 6) is -2.60. The van der Waals surface area contributed by atoms with E-state index in [9.17, 15) is 27.2 Å². The Labute approximate surface area is 198 Å². The largest absolute Gasteiger partial charge is 0.468 e. The fourth-order valence-corrected chi connectivity index (χ4v) is 5.80. The van der Waals surface area contributed by atoms with Crippen LogP contribution in [0, 0.1) is 12.7 Å². The Bertz CT molecular complexity index is 1200. The Morgan fingerprint density at radius 1 is 1.33 bits per heavy atom. The van der Waals surface area contributed by atoms with E-state index in [1.165, 1.54) is 24.0 Å². The van der Waals surface area contributed by atoms with Crippen molar-refractivity contribution in [3.8, 4) is 0 Å². The van der Waals surface area contributed by atoms with Gasteiger partial charge < -0.3 is 15.0 Å². The van der Waals surface area contributed by atoms with Crippen LogP contribution in [0.25, 0.3) is 0 Å². The lowest BCUT2D eigenvalue weighted by Crippen LogP contribution is -2.49. The maximum Gasteiger partial charge on any atom is 0.325 e. The molecule has 3 rings (SSSR count). The molecule has 1 atom stereocenters. The van der Waals surface area contributed by atoms with Crippen molar-refractivity contribution in [3.63, 3.8) is 0 Å². The molecule has 33 heavy (non-hydrogen) atoms. The molecule has 0 radical (unpaired) electrons. The van der Waals surface area contributed by atoms with Crippen molar-refractivity contribution in [1.82, 2.24) is 10.0 Å². The van der Waals surface area contributed by atoms with Crippen molar-refractivity contribution in [1.29, 1.82) is 0 Å². The number of sulfonamides is 1. The standard InChI is InChI=1S/C20H21ClFN3O6S2/c1-11-14(25-7-3-4-18(25)26)8-12(22)9-16(11)33(29,30)24-13(20(28)31-2)10-23-19(27)15-5-6-17(21)32-15/h5-6,8-9,13,24H,3-4,7,10H2,1-2H3,(H,23,27). The molecule has 1 saturated heterocycles. The molecule has 13 heteroatoms. The van der Waals surface area contributed by atoms with Crippen LogP contribution >= 0.6 is 22.9 Å². The summed E-state index contributed by atoms with van der Waals surface area (Å²) in [5.41, 5.74) is 0.301. The first-order valence-corrected chi connectivity index (χ1v) is 12.5. The maximum atomic E-state index is 14.3. The third-order valence-corrected chi connectivity index (χ3v) is 7.83. The molecule has 2 aromatic rings. The molecule has 1 aliphatic rings. The van der Waals surface area contributed by atoms with Crippen molar-refractivity contribution < 1.29 is 31.9 Å². The van der Waals surface area contributed by atoms with Gasteiger partial charge in [-0.1, -0.05) is 11.6 Å². The van der Waals surface area contributed by atoms with Gasteiger partial charge in [-0.3, -0.25) is 14.4 Å². The van der Waals surface area contributed by atoms with Crippen molar-refractivity contribution in [2.45, 2.75) is 30.7 Å². The van der Waals surface area contributed by atoms with Crippen LogP contribution in [0.5, 0.6) is 0 Å². The van der Waals surface area contributed by atoms with Crippen LogP contribution in [0.4, 0.5) is 10.1 Å². The van der Waals surface area contributed by atoms with E-state index in [0.29, 0.717) is 17.3 Å². The topological polar surface area (TPSA) is 122 Å². The zero-order valence-electron chi connectivity index (χ0n) is 17.7. The highest BCUT2D eigenvalue weighted by Gasteiger charge is 2.31. The van der Waals surface area contributed by atoms with Gasteiger partial charge in [0.25, 0.3) is 5.91 Å². The number of thiophene rings is 1. The number of halogens is 2. The van der Waals surface area contributed by atoms with Crippen molar-refractivity contribution >= 4 is 56.4 Å². The van der Waals surface area contributed by atoms with E-state index in [0.717, 1.165) is 30.6 Å². The molecule has 0 aliphatic carbocycles. The number of esters is 1. The molecule has 1 aromatic carbocycles. The predicted molar refractivity (Wildman–Crippen MR) is 121 cm³/mol. The van der Waals surface area contributed by atoms with Crippen LogP contribution in [-0.4, -0.2) is 52.4 Å². The van der Waals surface area contributed by atoms with Crippen molar-refractivity contribution in [2.75, 3.05) is 25.1 Å². The van der Waals surface area contributed by atoms with Gasteiger partial charge in [-0.15, -0.1) is 11.3 Å². The van der Waals surface area contributed by atoms with Crippen molar-refractivity contribution in [2.24, 2.45) is 0 Å². The fourth-order valence-electron chi connectivity index (χ4n) is 3.39. The second-order valence-corrected chi connectivity index (χ2v) is 10.6. The quantitative estimate of drug-likeness (QED) is 0.518. The van der Waals surface area contributed by atoms with E-state index in [1.54, 1.807) is 0 Å². The molecule has 0 saturated carbocycles. The molecule has 1 aliphatic heterocycles. The lowest BCUT2D eigenvalue weighted by atomic mass is 10.2. The summed E-state index contributed by atoms with van der Waals surface area (Å²) < 4.78 is 47.7. The van der Waals surface area contributed by atoms with Gasteiger partial charge in [0.1, 0.15) is 11.9 Å².